The van der Waals surface area contributed by atoms with E-state index in [2.05, 4.69) is 181 Å². The molecule has 0 aliphatic heterocycles. The Morgan fingerprint density at radius 2 is 0.913 bits per heavy atom. The van der Waals surface area contributed by atoms with Gasteiger partial charge in [-0.15, -0.1) is 0 Å². The molecule has 1 heterocycles. The van der Waals surface area contributed by atoms with E-state index in [9.17, 15) is 0 Å². The molecular weight excluding hydrogens is 558 g/mol. The lowest BCUT2D eigenvalue weighted by molar-refractivity contribution is 0.669. The molecule has 0 aliphatic rings. The molecule has 9 rings (SSSR count). The third-order valence-electron chi connectivity index (χ3n) is 9.03. The van der Waals surface area contributed by atoms with Crippen molar-refractivity contribution in [2.45, 2.75) is 0 Å². The fourth-order valence-electron chi connectivity index (χ4n) is 6.83. The lowest BCUT2D eigenvalue weighted by Crippen LogP contribution is -2.09. The first-order valence-corrected chi connectivity index (χ1v) is 15.7. The van der Waals surface area contributed by atoms with E-state index in [1.165, 1.54) is 38.1 Å². The van der Waals surface area contributed by atoms with Crippen molar-refractivity contribution in [2.75, 3.05) is 4.90 Å². The van der Waals surface area contributed by atoms with Crippen molar-refractivity contribution in [3.63, 3.8) is 0 Å². The van der Waals surface area contributed by atoms with E-state index in [1.54, 1.807) is 0 Å². The summed E-state index contributed by atoms with van der Waals surface area (Å²) in [7, 11) is 0. The molecule has 0 spiro atoms. The number of hydrogen-bond donors (Lipinski definition) is 0. The van der Waals surface area contributed by atoms with Gasteiger partial charge >= 0.3 is 0 Å². The van der Waals surface area contributed by atoms with E-state index in [0.717, 1.165) is 44.7 Å². The van der Waals surface area contributed by atoms with Crippen LogP contribution in [0.5, 0.6) is 0 Å². The highest BCUT2D eigenvalue weighted by Gasteiger charge is 2.16. The minimum absolute atomic E-state index is 0.903. The summed E-state index contributed by atoms with van der Waals surface area (Å²) in [6.07, 6.45) is 0. The molecule has 0 unspecified atom stereocenters. The number of benzene rings is 8. The monoisotopic (exact) mass is 587 g/mol. The van der Waals surface area contributed by atoms with Gasteiger partial charge in [0.05, 0.1) is 0 Å². The quantitative estimate of drug-likeness (QED) is 0.186. The fraction of sp³-hybridized carbons (Fsp3) is 0. The van der Waals surface area contributed by atoms with E-state index in [-0.39, 0.29) is 0 Å². The van der Waals surface area contributed by atoms with Gasteiger partial charge in [0.25, 0.3) is 0 Å². The Kier molecular flexibility index (Phi) is 6.17. The summed E-state index contributed by atoms with van der Waals surface area (Å²) in [4.78, 5) is 2.32. The van der Waals surface area contributed by atoms with Crippen LogP contribution in [0.15, 0.2) is 180 Å². The van der Waals surface area contributed by atoms with E-state index in [4.69, 9.17) is 4.42 Å². The van der Waals surface area contributed by atoms with Gasteiger partial charge in [0, 0.05) is 33.2 Å². The molecule has 2 heteroatoms. The molecule has 0 N–H and O–H groups in total. The number of nitrogens with zero attached hydrogens (tertiary/aromatic N) is 1. The van der Waals surface area contributed by atoms with Crippen LogP contribution in [-0.2, 0) is 0 Å². The van der Waals surface area contributed by atoms with E-state index in [0.29, 0.717) is 0 Å². The van der Waals surface area contributed by atoms with Gasteiger partial charge in [0.1, 0.15) is 11.2 Å². The third-order valence-corrected chi connectivity index (χ3v) is 9.03. The normalized spacial score (nSPS) is 11.5. The van der Waals surface area contributed by atoms with Crippen molar-refractivity contribution >= 4 is 60.5 Å². The van der Waals surface area contributed by atoms with Gasteiger partial charge in [-0.3, -0.25) is 0 Å². The first-order valence-electron chi connectivity index (χ1n) is 15.7. The predicted molar refractivity (Wildman–Crippen MR) is 194 cm³/mol. The average molecular weight is 588 g/mol. The topological polar surface area (TPSA) is 16.4 Å². The first-order chi connectivity index (χ1) is 22.8. The number of hydrogen-bond acceptors (Lipinski definition) is 2. The second-order valence-corrected chi connectivity index (χ2v) is 11.8. The summed E-state index contributed by atoms with van der Waals surface area (Å²) < 4.78 is 6.41. The SMILES string of the molecule is c1ccc(-c2ccc(N(c3ccccc3)c3cccc(-c4ccc5oc6ccc7ccc8ccccc8c7c6c5c4)c3)cc2)cc1. The molecule has 0 aliphatic carbocycles. The number of rotatable bonds is 5. The Hall–Kier alpha value is -6.12. The van der Waals surface area contributed by atoms with Gasteiger partial charge in [0.2, 0.25) is 0 Å². The molecule has 8 aromatic carbocycles. The van der Waals surface area contributed by atoms with Gasteiger partial charge < -0.3 is 9.32 Å². The largest absolute Gasteiger partial charge is 0.456 e. The highest BCUT2D eigenvalue weighted by Crippen LogP contribution is 2.41. The van der Waals surface area contributed by atoms with Crippen LogP contribution in [0.4, 0.5) is 17.1 Å². The lowest BCUT2D eigenvalue weighted by Gasteiger charge is -2.26. The van der Waals surface area contributed by atoms with Crippen LogP contribution in [-0.4, -0.2) is 0 Å². The fourth-order valence-corrected chi connectivity index (χ4v) is 6.83. The maximum absolute atomic E-state index is 6.41. The molecule has 0 fully saturated rings. The first kappa shape index (κ1) is 26.3. The summed E-state index contributed by atoms with van der Waals surface area (Å²) in [6, 6.07) is 62.6. The van der Waals surface area contributed by atoms with Gasteiger partial charge in [0.15, 0.2) is 0 Å². The molecule has 46 heavy (non-hydrogen) atoms. The van der Waals surface area contributed by atoms with Crippen LogP contribution in [0.1, 0.15) is 0 Å². The van der Waals surface area contributed by atoms with E-state index in [1.807, 2.05) is 0 Å². The Labute approximate surface area is 267 Å². The van der Waals surface area contributed by atoms with Crippen LogP contribution in [0, 0.1) is 0 Å². The average Bonchev–Trinajstić information content (AvgIpc) is 3.51. The summed E-state index contributed by atoms with van der Waals surface area (Å²) in [6.45, 7) is 0. The van der Waals surface area contributed by atoms with Crippen LogP contribution in [0.25, 0.3) is 65.7 Å². The Bertz CT molecular complexity index is 2510. The Morgan fingerprint density at radius 3 is 1.76 bits per heavy atom. The standard InChI is InChI=1S/C44H29NO/c1-3-10-30(11-4-1)31-20-24-37(25-21-31)45(36-14-5-2-6-15-36)38-16-9-13-34(28-38)35-23-26-41-40(29-35)44-42(46-41)27-22-33-19-18-32-12-7-8-17-39(32)43(33)44/h1-29H. The molecule has 216 valence electrons. The Balaban J connectivity index is 1.18. The van der Waals surface area contributed by atoms with Crippen LogP contribution in [0.2, 0.25) is 0 Å². The molecule has 9 aromatic rings. The van der Waals surface area contributed by atoms with Crippen molar-refractivity contribution in [3.05, 3.63) is 176 Å². The van der Waals surface area contributed by atoms with Crippen molar-refractivity contribution in [1.82, 2.24) is 0 Å². The highest BCUT2D eigenvalue weighted by molar-refractivity contribution is 6.26. The minimum atomic E-state index is 0.903. The lowest BCUT2D eigenvalue weighted by atomic mass is 9.96. The Morgan fingerprint density at radius 1 is 0.326 bits per heavy atom. The molecule has 0 bridgehead atoms. The van der Waals surface area contributed by atoms with Crippen molar-refractivity contribution in [1.29, 1.82) is 0 Å². The summed E-state index contributed by atoms with van der Waals surface area (Å²) >= 11 is 0. The molecule has 1 aromatic heterocycles. The number of furan rings is 1. The third kappa shape index (κ3) is 4.43. The zero-order valence-corrected chi connectivity index (χ0v) is 25.1. The van der Waals surface area contributed by atoms with Gasteiger partial charge in [-0.05, 0) is 93.0 Å². The molecule has 0 amide bonds. The van der Waals surface area contributed by atoms with Gasteiger partial charge in [-0.2, -0.15) is 0 Å². The molecule has 0 atom stereocenters. The number of fused-ring (bicyclic) bond motifs is 7. The maximum atomic E-state index is 6.41. The molecule has 0 saturated carbocycles. The van der Waals surface area contributed by atoms with Crippen molar-refractivity contribution < 1.29 is 4.42 Å². The van der Waals surface area contributed by atoms with Crippen LogP contribution >= 0.6 is 0 Å². The molecule has 0 saturated heterocycles. The van der Waals surface area contributed by atoms with Crippen molar-refractivity contribution in [3.8, 4) is 22.3 Å². The molecule has 2 nitrogen and oxygen atoms in total. The van der Waals surface area contributed by atoms with E-state index < -0.39 is 0 Å². The zero-order chi connectivity index (χ0) is 30.5. The molecule has 0 radical (unpaired) electrons. The zero-order valence-electron chi connectivity index (χ0n) is 25.1. The summed E-state index contributed by atoms with van der Waals surface area (Å²) in [5.41, 5.74) is 9.86. The summed E-state index contributed by atoms with van der Waals surface area (Å²) in [5, 5.41) is 7.26. The van der Waals surface area contributed by atoms with Gasteiger partial charge in [-0.1, -0.05) is 121 Å². The predicted octanol–water partition coefficient (Wildman–Crippen LogP) is 12.7. The highest BCUT2D eigenvalue weighted by atomic mass is 16.3. The second-order valence-electron chi connectivity index (χ2n) is 11.8. The second kappa shape index (κ2) is 10.8. The van der Waals surface area contributed by atoms with Crippen LogP contribution < -0.4 is 4.90 Å². The summed E-state index contributed by atoms with van der Waals surface area (Å²) in [5.74, 6) is 0. The van der Waals surface area contributed by atoms with E-state index >= 15 is 0 Å². The minimum Gasteiger partial charge on any atom is -0.456 e. The molecular formula is C44H29NO. The maximum Gasteiger partial charge on any atom is 0.136 e. The van der Waals surface area contributed by atoms with Crippen LogP contribution in [0.3, 0.4) is 0 Å². The van der Waals surface area contributed by atoms with Gasteiger partial charge in [-0.25, -0.2) is 0 Å². The smallest absolute Gasteiger partial charge is 0.136 e. The van der Waals surface area contributed by atoms with Crippen molar-refractivity contribution in [2.24, 2.45) is 0 Å². The number of anilines is 3. The number of para-hydroxylation sites is 1.